The third kappa shape index (κ3) is 3.34. The fraction of sp³-hybridized carbons (Fsp3) is 0.133. The minimum Gasteiger partial charge on any atom is -0.482 e. The summed E-state index contributed by atoms with van der Waals surface area (Å²) in [5.74, 6) is -0.467. The minimum absolute atomic E-state index is 0.0131. The van der Waals surface area contributed by atoms with Crippen LogP contribution in [0.3, 0.4) is 0 Å². The molecule has 21 heavy (non-hydrogen) atoms. The first-order valence-electron chi connectivity index (χ1n) is 6.07. The van der Waals surface area contributed by atoms with Crippen molar-refractivity contribution in [1.29, 1.82) is 5.26 Å². The number of nitrogens with zero attached hydrogens (tertiary/aromatic N) is 2. The van der Waals surface area contributed by atoms with E-state index < -0.39 is 10.7 Å². The first-order valence-corrected chi connectivity index (χ1v) is 6.07. The molecule has 0 atom stereocenters. The molecule has 0 radical (unpaired) electrons. The lowest BCUT2D eigenvalue weighted by molar-refractivity contribution is -0.386. The Bertz CT molecular complexity index is 738. The van der Waals surface area contributed by atoms with E-state index in [1.807, 2.05) is 0 Å². The maximum Gasteiger partial charge on any atom is 0.310 e. The van der Waals surface area contributed by atoms with Gasteiger partial charge in [0.15, 0.2) is 5.75 Å². The highest BCUT2D eigenvalue weighted by atomic mass is 19.1. The summed E-state index contributed by atoms with van der Waals surface area (Å²) in [6.07, 6.45) is 0. The van der Waals surface area contributed by atoms with Crippen molar-refractivity contribution in [2.24, 2.45) is 0 Å². The van der Waals surface area contributed by atoms with Crippen molar-refractivity contribution in [3.8, 4) is 11.8 Å². The van der Waals surface area contributed by atoms with Gasteiger partial charge in [-0.1, -0.05) is 12.1 Å². The van der Waals surface area contributed by atoms with Crippen LogP contribution >= 0.6 is 0 Å². The van der Waals surface area contributed by atoms with E-state index in [4.69, 9.17) is 10.00 Å². The van der Waals surface area contributed by atoms with E-state index in [2.05, 4.69) is 0 Å². The molecular weight excluding hydrogens is 275 g/mol. The number of ether oxygens (including phenoxy) is 1. The van der Waals surface area contributed by atoms with E-state index in [1.54, 1.807) is 25.1 Å². The molecule has 6 heteroatoms. The number of nitro benzene ring substituents is 1. The summed E-state index contributed by atoms with van der Waals surface area (Å²) < 4.78 is 18.6. The van der Waals surface area contributed by atoms with Crippen LogP contribution in [0.15, 0.2) is 36.4 Å². The van der Waals surface area contributed by atoms with E-state index in [-0.39, 0.29) is 23.6 Å². The number of aryl methyl sites for hydroxylation is 1. The highest BCUT2D eigenvalue weighted by Crippen LogP contribution is 2.28. The van der Waals surface area contributed by atoms with Gasteiger partial charge in [0.1, 0.15) is 18.5 Å². The predicted molar refractivity (Wildman–Crippen MR) is 73.3 cm³/mol. The Morgan fingerprint density at radius 1 is 1.33 bits per heavy atom. The van der Waals surface area contributed by atoms with Crippen LogP contribution in [0.25, 0.3) is 0 Å². The Balaban J connectivity index is 2.22. The van der Waals surface area contributed by atoms with Gasteiger partial charge >= 0.3 is 5.69 Å². The summed E-state index contributed by atoms with van der Waals surface area (Å²) in [4.78, 5) is 10.4. The van der Waals surface area contributed by atoms with Gasteiger partial charge in [-0.2, -0.15) is 5.26 Å². The summed E-state index contributed by atoms with van der Waals surface area (Å²) in [5.41, 5.74) is 1.16. The Morgan fingerprint density at radius 2 is 2.10 bits per heavy atom. The maximum absolute atomic E-state index is 13.2. The quantitative estimate of drug-likeness (QED) is 0.636. The third-order valence-electron chi connectivity index (χ3n) is 2.86. The second-order valence-corrected chi connectivity index (χ2v) is 4.44. The smallest absolute Gasteiger partial charge is 0.310 e. The van der Waals surface area contributed by atoms with Crippen molar-refractivity contribution in [2.75, 3.05) is 0 Å². The Hall–Kier alpha value is -2.94. The molecule has 0 spiro atoms. The molecule has 0 N–H and O–H groups in total. The number of rotatable bonds is 4. The lowest BCUT2D eigenvalue weighted by atomic mass is 10.1. The summed E-state index contributed by atoms with van der Waals surface area (Å²) in [5, 5.41) is 19.7. The molecule has 0 aliphatic rings. The number of nitriles is 1. The molecular formula is C15H11FN2O3. The Morgan fingerprint density at radius 3 is 2.76 bits per heavy atom. The molecule has 0 aromatic heterocycles. The first-order chi connectivity index (χ1) is 10.0. The molecule has 0 heterocycles. The third-order valence-corrected chi connectivity index (χ3v) is 2.86. The molecule has 2 rings (SSSR count). The van der Waals surface area contributed by atoms with Crippen LogP contribution in [0.1, 0.15) is 16.7 Å². The molecule has 0 unspecified atom stereocenters. The van der Waals surface area contributed by atoms with Gasteiger partial charge in [-0.25, -0.2) is 4.39 Å². The highest BCUT2D eigenvalue weighted by molar-refractivity contribution is 5.48. The second kappa shape index (κ2) is 6.01. The standard InChI is InChI=1S/C15H11FN2O3/c1-10-2-5-14(18(19)20)15(6-10)21-9-11-3-4-13(16)12(7-11)8-17/h2-7H,9H2,1H3. The molecule has 0 saturated carbocycles. The van der Waals surface area contributed by atoms with Gasteiger partial charge in [0, 0.05) is 6.07 Å². The molecule has 0 amide bonds. The second-order valence-electron chi connectivity index (χ2n) is 4.44. The zero-order valence-electron chi connectivity index (χ0n) is 11.2. The van der Waals surface area contributed by atoms with Crippen LogP contribution in [0.5, 0.6) is 5.75 Å². The van der Waals surface area contributed by atoms with E-state index in [9.17, 15) is 14.5 Å². The van der Waals surface area contributed by atoms with Gasteiger partial charge in [0.25, 0.3) is 0 Å². The van der Waals surface area contributed by atoms with E-state index in [0.29, 0.717) is 5.56 Å². The summed E-state index contributed by atoms with van der Waals surface area (Å²) in [6, 6.07) is 10.3. The van der Waals surface area contributed by atoms with Crippen molar-refractivity contribution in [1.82, 2.24) is 0 Å². The lowest BCUT2D eigenvalue weighted by Crippen LogP contribution is -2.00. The zero-order valence-corrected chi connectivity index (χ0v) is 11.2. The monoisotopic (exact) mass is 286 g/mol. The van der Waals surface area contributed by atoms with Crippen LogP contribution in [0.2, 0.25) is 0 Å². The fourth-order valence-electron chi connectivity index (χ4n) is 1.80. The number of hydrogen-bond donors (Lipinski definition) is 0. The summed E-state index contributed by atoms with van der Waals surface area (Å²) >= 11 is 0. The van der Waals surface area contributed by atoms with Gasteiger partial charge in [-0.05, 0) is 36.2 Å². The molecule has 0 saturated heterocycles. The average molecular weight is 286 g/mol. The number of hydrogen-bond acceptors (Lipinski definition) is 4. The SMILES string of the molecule is Cc1ccc([N+](=O)[O-])c(OCc2ccc(F)c(C#N)c2)c1. The molecule has 5 nitrogen and oxygen atoms in total. The molecule has 106 valence electrons. The van der Waals surface area contributed by atoms with E-state index in [1.165, 1.54) is 24.3 Å². The highest BCUT2D eigenvalue weighted by Gasteiger charge is 2.15. The van der Waals surface area contributed by atoms with Crippen molar-refractivity contribution in [3.05, 3.63) is 69.0 Å². The molecule has 0 bridgehead atoms. The van der Waals surface area contributed by atoms with Crippen LogP contribution in [0.4, 0.5) is 10.1 Å². The van der Waals surface area contributed by atoms with E-state index in [0.717, 1.165) is 5.56 Å². The Labute approximate surface area is 120 Å². The molecule has 0 fully saturated rings. The van der Waals surface area contributed by atoms with Crippen LogP contribution in [-0.4, -0.2) is 4.92 Å². The summed E-state index contributed by atoms with van der Waals surface area (Å²) in [7, 11) is 0. The van der Waals surface area contributed by atoms with Gasteiger partial charge < -0.3 is 4.74 Å². The topological polar surface area (TPSA) is 76.2 Å². The number of halogens is 1. The minimum atomic E-state index is -0.609. The molecule has 2 aromatic rings. The van der Waals surface area contributed by atoms with E-state index >= 15 is 0 Å². The zero-order chi connectivity index (χ0) is 15.4. The van der Waals surface area contributed by atoms with Gasteiger partial charge in [0.05, 0.1) is 10.5 Å². The van der Waals surface area contributed by atoms with Crippen LogP contribution in [0, 0.1) is 34.2 Å². The van der Waals surface area contributed by atoms with Crippen LogP contribution < -0.4 is 4.74 Å². The normalized spacial score (nSPS) is 9.95. The largest absolute Gasteiger partial charge is 0.482 e. The number of benzene rings is 2. The van der Waals surface area contributed by atoms with Crippen LogP contribution in [-0.2, 0) is 6.61 Å². The average Bonchev–Trinajstić information content (AvgIpc) is 2.46. The maximum atomic E-state index is 13.2. The molecule has 2 aromatic carbocycles. The molecule has 0 aliphatic carbocycles. The summed E-state index contributed by atoms with van der Waals surface area (Å²) in [6.45, 7) is 1.81. The lowest BCUT2D eigenvalue weighted by Gasteiger charge is -2.08. The first kappa shape index (κ1) is 14.5. The van der Waals surface area contributed by atoms with Crippen molar-refractivity contribution < 1.29 is 14.1 Å². The van der Waals surface area contributed by atoms with Gasteiger partial charge in [0.2, 0.25) is 0 Å². The van der Waals surface area contributed by atoms with Crippen molar-refractivity contribution >= 4 is 5.69 Å². The predicted octanol–water partition coefficient (Wildman–Crippen LogP) is 3.49. The molecule has 0 aliphatic heterocycles. The van der Waals surface area contributed by atoms with Crippen molar-refractivity contribution in [3.63, 3.8) is 0 Å². The van der Waals surface area contributed by atoms with Crippen molar-refractivity contribution in [2.45, 2.75) is 13.5 Å². The van der Waals surface area contributed by atoms with Gasteiger partial charge in [-0.3, -0.25) is 10.1 Å². The number of nitro groups is 1. The Kier molecular flexibility index (Phi) is 4.14. The fourth-order valence-corrected chi connectivity index (χ4v) is 1.80. The van der Waals surface area contributed by atoms with Gasteiger partial charge in [-0.15, -0.1) is 0 Å².